The monoisotopic (exact) mass is 796 g/mol. The van der Waals surface area contributed by atoms with E-state index in [9.17, 15) is 27.6 Å². The molecule has 6 rings (SSSR count). The minimum atomic E-state index is -4.18. The van der Waals surface area contributed by atoms with Crippen LogP contribution in [-0.2, 0) is 29.3 Å². The molecule has 0 radical (unpaired) electrons. The first-order valence-electron chi connectivity index (χ1n) is 19.2. The number of ether oxygens (including phenoxy) is 4. The quantitative estimate of drug-likeness (QED) is 0.224. The largest absolute Gasteiger partial charge is 0.496 e. The van der Waals surface area contributed by atoms with Crippen LogP contribution < -0.4 is 29.6 Å². The first kappa shape index (κ1) is 40.8. The van der Waals surface area contributed by atoms with E-state index in [4.69, 9.17) is 18.9 Å². The highest BCUT2D eigenvalue weighted by molar-refractivity contribution is 7.87. The molecule has 0 spiro atoms. The molecule has 5 atom stereocenters. The maximum Gasteiger partial charge on any atom is 0.408 e. The molecule has 304 valence electrons. The van der Waals surface area contributed by atoms with Crippen molar-refractivity contribution >= 4 is 44.9 Å². The molecule has 17 heteroatoms. The first-order valence-corrected chi connectivity index (χ1v) is 20.6. The standard InChI is InChI=1S/C39H52N6O10S/c1-7-25-21-39(25,37(48)43-56(50,51)44-17-11-12-18-44)42-35(46)29-19-27(22-45(29)36(47)33(23(3)4)41-38(49)55-26-13-9-10-14-26)54-31-20-32(53-8-2)40-34-24(5)30(52-6)16-15-28(31)34/h11-12,15-16,20,25-27,29,33H,3,7-10,13-14,17-19,21-22H2,1-2,4-6H3,(H,41,49)(H,42,46)(H,43,48)/t25-,27-,29+,33+,39-/m1/s1. The molecule has 2 saturated carbocycles. The molecule has 3 fully saturated rings. The van der Waals surface area contributed by atoms with Crippen molar-refractivity contribution in [1.82, 2.24) is 29.5 Å². The van der Waals surface area contributed by atoms with Gasteiger partial charge in [0.25, 0.3) is 5.91 Å². The predicted octanol–water partition coefficient (Wildman–Crippen LogP) is 3.43. The van der Waals surface area contributed by atoms with Crippen LogP contribution in [0.3, 0.4) is 0 Å². The summed E-state index contributed by atoms with van der Waals surface area (Å²) in [6.07, 6.45) is 5.66. The van der Waals surface area contributed by atoms with Crippen LogP contribution in [0.1, 0.15) is 71.3 Å². The average molecular weight is 797 g/mol. The van der Waals surface area contributed by atoms with Crippen molar-refractivity contribution in [3.63, 3.8) is 0 Å². The first-order chi connectivity index (χ1) is 26.7. The highest BCUT2D eigenvalue weighted by Gasteiger charge is 2.62. The van der Waals surface area contributed by atoms with Crippen molar-refractivity contribution in [2.75, 3.05) is 33.4 Å². The maximum absolute atomic E-state index is 14.5. The summed E-state index contributed by atoms with van der Waals surface area (Å²) in [4.78, 5) is 61.6. The Morgan fingerprint density at radius 1 is 1.07 bits per heavy atom. The number of rotatable bonds is 15. The molecule has 3 heterocycles. The number of alkyl carbamates (subject to hydrolysis) is 1. The molecule has 4 amide bonds. The third-order valence-electron chi connectivity index (χ3n) is 11.1. The lowest BCUT2D eigenvalue weighted by Crippen LogP contribution is -2.59. The van der Waals surface area contributed by atoms with Crippen LogP contribution in [0.4, 0.5) is 4.79 Å². The van der Waals surface area contributed by atoms with Crippen molar-refractivity contribution in [3.8, 4) is 17.4 Å². The van der Waals surface area contributed by atoms with Gasteiger partial charge in [0, 0.05) is 36.5 Å². The molecular formula is C39H52N6O10S. The second-order valence-electron chi connectivity index (χ2n) is 14.9. The van der Waals surface area contributed by atoms with E-state index >= 15 is 0 Å². The lowest BCUT2D eigenvalue weighted by Gasteiger charge is -2.30. The summed E-state index contributed by atoms with van der Waals surface area (Å²) in [5.41, 5.74) is 0.155. The van der Waals surface area contributed by atoms with Gasteiger partial charge in [0.1, 0.15) is 41.3 Å². The number of fused-ring (bicyclic) bond motifs is 1. The smallest absolute Gasteiger partial charge is 0.408 e. The van der Waals surface area contributed by atoms with Gasteiger partial charge in [0.2, 0.25) is 17.7 Å². The summed E-state index contributed by atoms with van der Waals surface area (Å²) in [7, 11) is -2.61. The van der Waals surface area contributed by atoms with Crippen LogP contribution >= 0.6 is 0 Å². The van der Waals surface area contributed by atoms with Gasteiger partial charge in [0.05, 0.1) is 25.8 Å². The number of nitrogens with zero attached hydrogens (tertiary/aromatic N) is 3. The summed E-state index contributed by atoms with van der Waals surface area (Å²) in [6.45, 7) is 11.6. The maximum atomic E-state index is 14.5. The van der Waals surface area contributed by atoms with Gasteiger partial charge in [-0.25, -0.2) is 14.5 Å². The number of hydrogen-bond donors (Lipinski definition) is 3. The summed E-state index contributed by atoms with van der Waals surface area (Å²) >= 11 is 0. The number of likely N-dealkylation sites (tertiary alicyclic amines) is 1. The minimum absolute atomic E-state index is 0.00214. The second kappa shape index (κ2) is 16.7. The van der Waals surface area contributed by atoms with E-state index in [0.29, 0.717) is 46.9 Å². The Bertz CT molecular complexity index is 2010. The topological polar surface area (TPSA) is 195 Å². The number of hydrogen-bond acceptors (Lipinski definition) is 11. The van der Waals surface area contributed by atoms with E-state index in [-0.39, 0.29) is 44.5 Å². The van der Waals surface area contributed by atoms with Crippen LogP contribution in [0.2, 0.25) is 0 Å². The number of amides is 4. The van der Waals surface area contributed by atoms with Crippen molar-refractivity contribution in [2.45, 2.75) is 102 Å². The Morgan fingerprint density at radius 2 is 1.79 bits per heavy atom. The Labute approximate surface area is 327 Å². The molecule has 0 bridgehead atoms. The number of aromatic nitrogens is 1. The van der Waals surface area contributed by atoms with Gasteiger partial charge in [-0.1, -0.05) is 32.1 Å². The number of carbonyl (C=O) groups is 4. The number of carbonyl (C=O) groups excluding carboxylic acids is 4. The summed E-state index contributed by atoms with van der Waals surface area (Å²) in [6, 6.07) is 2.85. The van der Waals surface area contributed by atoms with E-state index in [2.05, 4.69) is 26.9 Å². The summed E-state index contributed by atoms with van der Waals surface area (Å²) < 4.78 is 52.9. The molecule has 1 aromatic heterocycles. The van der Waals surface area contributed by atoms with Crippen molar-refractivity contribution in [1.29, 1.82) is 0 Å². The molecule has 56 heavy (non-hydrogen) atoms. The van der Waals surface area contributed by atoms with Crippen molar-refractivity contribution < 1.29 is 46.5 Å². The molecule has 2 aliphatic heterocycles. The third-order valence-corrected chi connectivity index (χ3v) is 12.5. The Balaban J connectivity index is 1.29. The molecule has 4 aliphatic rings. The zero-order valence-electron chi connectivity index (χ0n) is 32.6. The molecule has 2 aliphatic carbocycles. The Hall–Kier alpha value is -4.90. The molecule has 16 nitrogen and oxygen atoms in total. The van der Waals surface area contributed by atoms with E-state index in [1.807, 2.05) is 26.8 Å². The lowest BCUT2D eigenvalue weighted by molar-refractivity contribution is -0.140. The van der Waals surface area contributed by atoms with Crippen LogP contribution in [0, 0.1) is 12.8 Å². The van der Waals surface area contributed by atoms with Crippen LogP contribution in [0.15, 0.2) is 42.5 Å². The van der Waals surface area contributed by atoms with Crippen molar-refractivity contribution in [2.24, 2.45) is 5.92 Å². The molecule has 0 unspecified atom stereocenters. The fourth-order valence-corrected chi connectivity index (χ4v) is 8.97. The van der Waals surface area contributed by atoms with E-state index < -0.39 is 57.8 Å². The number of methoxy groups -OCH3 is 1. The van der Waals surface area contributed by atoms with Gasteiger partial charge in [-0.2, -0.15) is 12.7 Å². The van der Waals surface area contributed by atoms with Crippen LogP contribution in [-0.4, -0.2) is 110 Å². The molecular weight excluding hydrogens is 745 g/mol. The SMILES string of the molecule is C=C(C)[C@H](NC(=O)OC1CCCC1)C(=O)N1C[C@H](Oc2cc(OCC)nc3c(C)c(OC)ccc23)C[C@H]1C(=O)N[C@]1(C(=O)NS(=O)(=O)N2CC=CC2)C[C@H]1CC. The van der Waals surface area contributed by atoms with Gasteiger partial charge in [-0.05, 0) is 76.5 Å². The molecule has 1 saturated heterocycles. The van der Waals surface area contributed by atoms with Gasteiger partial charge < -0.3 is 34.5 Å². The van der Waals surface area contributed by atoms with E-state index in [1.54, 1.807) is 38.3 Å². The zero-order valence-corrected chi connectivity index (χ0v) is 33.4. The van der Waals surface area contributed by atoms with Crippen LogP contribution in [0.25, 0.3) is 10.9 Å². The highest BCUT2D eigenvalue weighted by atomic mass is 32.2. The predicted molar refractivity (Wildman–Crippen MR) is 206 cm³/mol. The molecule has 2 aromatic rings. The van der Waals surface area contributed by atoms with E-state index in [0.717, 1.165) is 35.6 Å². The van der Waals surface area contributed by atoms with Gasteiger partial charge in [-0.15, -0.1) is 0 Å². The fourth-order valence-electron chi connectivity index (χ4n) is 7.86. The van der Waals surface area contributed by atoms with Gasteiger partial charge in [-0.3, -0.25) is 14.4 Å². The van der Waals surface area contributed by atoms with Gasteiger partial charge >= 0.3 is 16.3 Å². The number of pyridine rings is 1. The Kier molecular flexibility index (Phi) is 12.1. The molecule has 1 aromatic carbocycles. The lowest BCUT2D eigenvalue weighted by atomic mass is 10.1. The average Bonchev–Trinajstić information content (AvgIpc) is 3.66. The second-order valence-corrected chi connectivity index (χ2v) is 16.6. The summed E-state index contributed by atoms with van der Waals surface area (Å²) in [5, 5.41) is 6.16. The third kappa shape index (κ3) is 8.43. The normalized spacial score (nSPS) is 24.1. The van der Waals surface area contributed by atoms with Crippen molar-refractivity contribution in [3.05, 3.63) is 48.1 Å². The molecule has 3 N–H and O–H groups in total. The van der Waals surface area contributed by atoms with E-state index in [1.165, 1.54) is 4.90 Å². The number of benzene rings is 1. The zero-order chi connectivity index (χ0) is 40.4. The minimum Gasteiger partial charge on any atom is -0.496 e. The highest BCUT2D eigenvalue weighted by Crippen LogP contribution is 2.47. The summed E-state index contributed by atoms with van der Waals surface area (Å²) in [5.74, 6) is -1.13. The number of aryl methyl sites for hydroxylation is 1. The van der Waals surface area contributed by atoms with Gasteiger partial charge in [0.15, 0.2) is 0 Å². The number of nitrogens with one attached hydrogen (secondary N) is 3. The van der Waals surface area contributed by atoms with Crippen LogP contribution in [0.5, 0.6) is 17.4 Å². The Morgan fingerprint density at radius 3 is 2.41 bits per heavy atom. The fraction of sp³-hybridized carbons (Fsp3) is 0.564.